The summed E-state index contributed by atoms with van der Waals surface area (Å²) in [5.41, 5.74) is 3.61. The van der Waals surface area contributed by atoms with E-state index in [9.17, 15) is 9.59 Å². The van der Waals surface area contributed by atoms with Crippen LogP contribution in [0.3, 0.4) is 0 Å². The first-order valence-corrected chi connectivity index (χ1v) is 8.57. The van der Waals surface area contributed by atoms with E-state index in [0.29, 0.717) is 13.1 Å². The Kier molecular flexibility index (Phi) is 4.12. The molecular formula is C20H20N2O4. The SMILES string of the molecule is COC(=O)C1(NC(=O)OCC2c3ccccc3-c3ccccc32)CNC1. The van der Waals surface area contributed by atoms with Crippen molar-refractivity contribution in [1.29, 1.82) is 0 Å². The number of fused-ring (bicyclic) bond motifs is 3. The summed E-state index contributed by atoms with van der Waals surface area (Å²) in [5, 5.41) is 5.63. The predicted octanol–water partition coefficient (Wildman–Crippen LogP) is 2.04. The van der Waals surface area contributed by atoms with Gasteiger partial charge in [-0.3, -0.25) is 0 Å². The molecule has 1 heterocycles. The molecule has 0 unspecified atom stereocenters. The Morgan fingerprint density at radius 1 is 1.08 bits per heavy atom. The van der Waals surface area contributed by atoms with E-state index in [1.54, 1.807) is 0 Å². The van der Waals surface area contributed by atoms with Gasteiger partial charge in [0, 0.05) is 19.0 Å². The zero-order chi connectivity index (χ0) is 18.1. The molecule has 1 amide bonds. The fourth-order valence-corrected chi connectivity index (χ4v) is 3.68. The van der Waals surface area contributed by atoms with Gasteiger partial charge in [-0.05, 0) is 22.3 Å². The van der Waals surface area contributed by atoms with Crippen molar-refractivity contribution < 1.29 is 19.1 Å². The zero-order valence-electron chi connectivity index (χ0n) is 14.5. The molecule has 2 aliphatic rings. The maximum atomic E-state index is 12.3. The Morgan fingerprint density at radius 3 is 2.15 bits per heavy atom. The molecule has 1 aliphatic carbocycles. The van der Waals surface area contributed by atoms with E-state index in [1.165, 1.54) is 18.2 Å². The van der Waals surface area contributed by atoms with Gasteiger partial charge in [-0.2, -0.15) is 0 Å². The van der Waals surface area contributed by atoms with Gasteiger partial charge in [-0.25, -0.2) is 9.59 Å². The van der Waals surface area contributed by atoms with Crippen molar-refractivity contribution >= 4 is 12.1 Å². The third-order valence-corrected chi connectivity index (χ3v) is 5.11. The molecule has 26 heavy (non-hydrogen) atoms. The molecule has 0 bridgehead atoms. The number of esters is 1. The van der Waals surface area contributed by atoms with Gasteiger partial charge in [0.15, 0.2) is 5.54 Å². The van der Waals surface area contributed by atoms with Gasteiger partial charge in [0.05, 0.1) is 7.11 Å². The first kappa shape index (κ1) is 16.6. The average molecular weight is 352 g/mol. The van der Waals surface area contributed by atoms with Crippen LogP contribution in [0.1, 0.15) is 17.0 Å². The molecule has 6 nitrogen and oxygen atoms in total. The van der Waals surface area contributed by atoms with Gasteiger partial charge >= 0.3 is 12.1 Å². The van der Waals surface area contributed by atoms with Gasteiger partial charge in [0.2, 0.25) is 0 Å². The number of hydrogen-bond donors (Lipinski definition) is 2. The lowest BCUT2D eigenvalue weighted by molar-refractivity contribution is -0.150. The summed E-state index contributed by atoms with van der Waals surface area (Å²) in [5.74, 6) is -0.480. The third kappa shape index (κ3) is 2.63. The predicted molar refractivity (Wildman–Crippen MR) is 95.8 cm³/mol. The van der Waals surface area contributed by atoms with Gasteiger partial charge in [0.1, 0.15) is 6.61 Å². The average Bonchev–Trinajstić information content (AvgIpc) is 2.96. The number of alkyl carbamates (subject to hydrolysis) is 1. The van der Waals surface area contributed by atoms with E-state index in [1.807, 2.05) is 24.3 Å². The monoisotopic (exact) mass is 352 g/mol. The molecule has 4 rings (SSSR count). The first-order valence-electron chi connectivity index (χ1n) is 8.57. The number of amides is 1. The number of benzene rings is 2. The van der Waals surface area contributed by atoms with Crippen LogP contribution >= 0.6 is 0 Å². The van der Waals surface area contributed by atoms with Crippen LogP contribution < -0.4 is 10.6 Å². The Hall–Kier alpha value is -2.86. The lowest BCUT2D eigenvalue weighted by Gasteiger charge is -2.39. The maximum absolute atomic E-state index is 12.3. The highest BCUT2D eigenvalue weighted by Gasteiger charge is 2.47. The minimum atomic E-state index is -1.03. The molecule has 0 atom stereocenters. The van der Waals surface area contributed by atoms with Crippen molar-refractivity contribution in [1.82, 2.24) is 10.6 Å². The van der Waals surface area contributed by atoms with Crippen LogP contribution in [0.5, 0.6) is 0 Å². The molecule has 1 aliphatic heterocycles. The highest BCUT2D eigenvalue weighted by molar-refractivity contribution is 5.87. The highest BCUT2D eigenvalue weighted by Crippen LogP contribution is 2.44. The Balaban J connectivity index is 1.48. The summed E-state index contributed by atoms with van der Waals surface area (Å²) in [7, 11) is 1.31. The molecule has 0 aromatic heterocycles. The number of ether oxygens (including phenoxy) is 2. The van der Waals surface area contributed by atoms with Crippen molar-refractivity contribution in [3.8, 4) is 11.1 Å². The summed E-state index contributed by atoms with van der Waals surface area (Å²) in [6, 6.07) is 16.3. The lowest BCUT2D eigenvalue weighted by Crippen LogP contribution is -2.73. The molecular weight excluding hydrogens is 332 g/mol. The second-order valence-corrected chi connectivity index (χ2v) is 6.63. The second kappa shape index (κ2) is 6.46. The number of carbonyl (C=O) groups is 2. The van der Waals surface area contributed by atoms with Gasteiger partial charge < -0.3 is 20.1 Å². The number of hydrogen-bond acceptors (Lipinski definition) is 5. The van der Waals surface area contributed by atoms with Gasteiger partial charge in [-0.1, -0.05) is 48.5 Å². The number of nitrogens with one attached hydrogen (secondary N) is 2. The smallest absolute Gasteiger partial charge is 0.408 e. The van der Waals surface area contributed by atoms with Crippen molar-refractivity contribution in [3.05, 3.63) is 59.7 Å². The Morgan fingerprint density at radius 2 is 1.65 bits per heavy atom. The standard InChI is InChI=1S/C20H20N2O4/c1-25-18(23)20(11-21-12-20)22-19(24)26-10-17-15-8-4-2-6-13(15)14-7-3-5-9-16(14)17/h2-9,17,21H,10-12H2,1H3,(H,22,24). The zero-order valence-corrected chi connectivity index (χ0v) is 14.5. The van der Waals surface area contributed by atoms with E-state index in [-0.39, 0.29) is 12.5 Å². The van der Waals surface area contributed by atoms with E-state index in [0.717, 1.165) is 11.1 Å². The minimum Gasteiger partial charge on any atom is -0.467 e. The van der Waals surface area contributed by atoms with Crippen molar-refractivity contribution in [3.63, 3.8) is 0 Å². The number of methoxy groups -OCH3 is 1. The van der Waals surface area contributed by atoms with Crippen molar-refractivity contribution in [2.24, 2.45) is 0 Å². The van der Waals surface area contributed by atoms with Crippen LogP contribution in [0.2, 0.25) is 0 Å². The largest absolute Gasteiger partial charge is 0.467 e. The molecule has 2 aromatic rings. The lowest BCUT2D eigenvalue weighted by atomic mass is 9.93. The summed E-state index contributed by atoms with van der Waals surface area (Å²) < 4.78 is 10.3. The summed E-state index contributed by atoms with van der Waals surface area (Å²) in [6.45, 7) is 0.887. The molecule has 134 valence electrons. The summed E-state index contributed by atoms with van der Waals surface area (Å²) in [6.07, 6.45) is -0.612. The van der Waals surface area contributed by atoms with Gasteiger partial charge in [-0.15, -0.1) is 0 Å². The normalized spacial score (nSPS) is 16.8. The maximum Gasteiger partial charge on any atom is 0.408 e. The van der Waals surface area contributed by atoms with Crippen LogP contribution in [-0.4, -0.2) is 44.4 Å². The first-order chi connectivity index (χ1) is 12.6. The van der Waals surface area contributed by atoms with Crippen LogP contribution in [-0.2, 0) is 14.3 Å². The minimum absolute atomic E-state index is 0.0123. The molecule has 1 saturated heterocycles. The molecule has 0 radical (unpaired) electrons. The Bertz CT molecular complexity index is 815. The van der Waals surface area contributed by atoms with Crippen LogP contribution in [0.25, 0.3) is 11.1 Å². The fraction of sp³-hybridized carbons (Fsp3) is 0.300. The van der Waals surface area contributed by atoms with E-state index >= 15 is 0 Å². The van der Waals surface area contributed by atoms with Crippen LogP contribution in [0, 0.1) is 0 Å². The van der Waals surface area contributed by atoms with E-state index in [4.69, 9.17) is 9.47 Å². The molecule has 0 saturated carbocycles. The summed E-state index contributed by atoms with van der Waals surface area (Å²) >= 11 is 0. The highest BCUT2D eigenvalue weighted by atomic mass is 16.6. The Labute approximate surface area is 151 Å². The second-order valence-electron chi connectivity index (χ2n) is 6.63. The molecule has 2 aromatic carbocycles. The van der Waals surface area contributed by atoms with Crippen LogP contribution in [0.15, 0.2) is 48.5 Å². The topological polar surface area (TPSA) is 76.7 Å². The molecule has 2 N–H and O–H groups in total. The molecule has 6 heteroatoms. The van der Waals surface area contributed by atoms with Gasteiger partial charge in [0.25, 0.3) is 0 Å². The van der Waals surface area contributed by atoms with Crippen molar-refractivity contribution in [2.75, 3.05) is 26.8 Å². The summed E-state index contributed by atoms with van der Waals surface area (Å²) in [4.78, 5) is 24.2. The van der Waals surface area contributed by atoms with Crippen LogP contribution in [0.4, 0.5) is 4.79 Å². The third-order valence-electron chi connectivity index (χ3n) is 5.11. The van der Waals surface area contributed by atoms with E-state index < -0.39 is 17.6 Å². The molecule has 0 spiro atoms. The molecule has 1 fully saturated rings. The fourth-order valence-electron chi connectivity index (χ4n) is 3.68. The van der Waals surface area contributed by atoms with E-state index in [2.05, 4.69) is 34.9 Å². The van der Waals surface area contributed by atoms with Crippen molar-refractivity contribution in [2.45, 2.75) is 11.5 Å². The number of rotatable bonds is 4. The quantitative estimate of drug-likeness (QED) is 0.824. The number of carbonyl (C=O) groups excluding carboxylic acids is 2.